The van der Waals surface area contributed by atoms with Crippen molar-refractivity contribution in [1.29, 1.82) is 0 Å². The fourth-order valence-corrected chi connectivity index (χ4v) is 4.38. The maximum Gasteiger partial charge on any atom is 0.264 e. The number of aryl methyl sites for hydroxylation is 1. The largest absolute Gasteiger partial charge is 0.376 e. The van der Waals surface area contributed by atoms with Crippen LogP contribution in [0.25, 0.3) is 0 Å². The third-order valence-corrected chi connectivity index (χ3v) is 5.72. The van der Waals surface area contributed by atoms with E-state index in [4.69, 9.17) is 4.74 Å². The number of thiophene rings is 1. The molecular formula is C16H21ClN4O2S. The van der Waals surface area contributed by atoms with Gasteiger partial charge in [0.25, 0.3) is 5.91 Å². The Balaban J connectivity index is 0.00000169. The minimum Gasteiger partial charge on any atom is -0.376 e. The van der Waals surface area contributed by atoms with Gasteiger partial charge in [-0.3, -0.25) is 4.79 Å². The van der Waals surface area contributed by atoms with Gasteiger partial charge in [0.15, 0.2) is 0 Å². The van der Waals surface area contributed by atoms with Gasteiger partial charge in [0.05, 0.1) is 18.1 Å². The lowest BCUT2D eigenvalue weighted by Gasteiger charge is -2.35. The fourth-order valence-electron chi connectivity index (χ4n) is 3.27. The van der Waals surface area contributed by atoms with E-state index in [2.05, 4.69) is 10.3 Å². The summed E-state index contributed by atoms with van der Waals surface area (Å²) in [4.78, 5) is 21.6. The molecule has 1 atom stereocenters. The normalized spacial score (nSPS) is 20.4. The lowest BCUT2D eigenvalue weighted by Crippen LogP contribution is -2.49. The van der Waals surface area contributed by atoms with Crippen molar-refractivity contribution in [1.82, 2.24) is 19.8 Å². The number of ether oxygens (including phenoxy) is 1. The summed E-state index contributed by atoms with van der Waals surface area (Å²) < 4.78 is 7.48. The van der Waals surface area contributed by atoms with E-state index in [1.165, 1.54) is 10.4 Å². The number of rotatable bonds is 2. The highest BCUT2D eigenvalue weighted by molar-refractivity contribution is 7.14. The van der Waals surface area contributed by atoms with Crippen LogP contribution in [0.5, 0.6) is 0 Å². The molecule has 0 spiro atoms. The number of hydrogen-bond donors (Lipinski definition) is 1. The van der Waals surface area contributed by atoms with Gasteiger partial charge in [0.2, 0.25) is 0 Å². The molecule has 0 saturated carbocycles. The molecule has 24 heavy (non-hydrogen) atoms. The van der Waals surface area contributed by atoms with Crippen LogP contribution < -0.4 is 5.32 Å². The highest BCUT2D eigenvalue weighted by atomic mass is 35.5. The number of hydrogen-bond acceptors (Lipinski definition) is 5. The number of carbonyl (C=O) groups is 1. The molecule has 4 heterocycles. The number of nitrogens with one attached hydrogen (secondary N) is 1. The van der Waals surface area contributed by atoms with Crippen molar-refractivity contribution in [2.45, 2.75) is 19.1 Å². The van der Waals surface area contributed by atoms with Gasteiger partial charge in [-0.1, -0.05) is 0 Å². The minimum atomic E-state index is -0.0216. The first-order valence-electron chi connectivity index (χ1n) is 7.92. The summed E-state index contributed by atoms with van der Waals surface area (Å²) >= 11 is 1.62. The second kappa shape index (κ2) is 7.23. The van der Waals surface area contributed by atoms with Crippen molar-refractivity contribution in [3.05, 3.63) is 39.6 Å². The third-order valence-electron chi connectivity index (χ3n) is 4.50. The van der Waals surface area contributed by atoms with Gasteiger partial charge in [0.1, 0.15) is 11.9 Å². The SMILES string of the molecule is Cl.Cn1ccnc1C1CNCCN1C(=O)c1cc2c(s1)CCOC2. The van der Waals surface area contributed by atoms with Crippen molar-refractivity contribution >= 4 is 29.7 Å². The lowest BCUT2D eigenvalue weighted by atomic mass is 10.1. The van der Waals surface area contributed by atoms with Crippen LogP contribution in [-0.2, 0) is 24.8 Å². The predicted octanol–water partition coefficient (Wildman–Crippen LogP) is 1.76. The van der Waals surface area contributed by atoms with Gasteiger partial charge in [-0.2, -0.15) is 0 Å². The third kappa shape index (κ3) is 3.09. The van der Waals surface area contributed by atoms with Crippen LogP contribution in [0.15, 0.2) is 18.5 Å². The summed E-state index contributed by atoms with van der Waals surface area (Å²) in [7, 11) is 1.97. The molecule has 6 nitrogen and oxygen atoms in total. The molecule has 2 aliphatic rings. The molecule has 2 aliphatic heterocycles. The molecule has 130 valence electrons. The van der Waals surface area contributed by atoms with Crippen LogP contribution in [0.2, 0.25) is 0 Å². The first kappa shape index (κ1) is 17.4. The van der Waals surface area contributed by atoms with Gasteiger partial charge < -0.3 is 19.5 Å². The number of imidazole rings is 1. The van der Waals surface area contributed by atoms with Crippen LogP contribution in [0.1, 0.15) is 32.0 Å². The Bertz CT molecular complexity index is 706. The number of nitrogens with zero attached hydrogens (tertiary/aromatic N) is 3. The first-order chi connectivity index (χ1) is 11.2. The first-order valence-corrected chi connectivity index (χ1v) is 8.74. The Morgan fingerprint density at radius 2 is 2.38 bits per heavy atom. The molecule has 1 amide bonds. The molecule has 1 unspecified atom stereocenters. The summed E-state index contributed by atoms with van der Waals surface area (Å²) in [6, 6.07) is 1.99. The summed E-state index contributed by atoms with van der Waals surface area (Å²) in [6.07, 6.45) is 4.62. The zero-order valence-electron chi connectivity index (χ0n) is 13.5. The van der Waals surface area contributed by atoms with Gasteiger partial charge in [-0.25, -0.2) is 4.98 Å². The standard InChI is InChI=1S/C16H20N4O2S.ClH/c1-19-5-4-18-15(19)12-9-17-3-6-20(12)16(21)14-8-11-10-22-7-2-13(11)23-14;/h4-5,8,12,17H,2-3,6-7,9-10H2,1H3;1H. The molecule has 4 rings (SSSR count). The lowest BCUT2D eigenvalue weighted by molar-refractivity contribution is 0.0625. The van der Waals surface area contributed by atoms with E-state index < -0.39 is 0 Å². The Morgan fingerprint density at radius 1 is 1.50 bits per heavy atom. The number of amides is 1. The molecule has 1 N–H and O–H groups in total. The van der Waals surface area contributed by atoms with Crippen LogP contribution in [0.4, 0.5) is 0 Å². The molecule has 8 heteroatoms. The van der Waals surface area contributed by atoms with E-state index in [1.54, 1.807) is 17.5 Å². The highest BCUT2D eigenvalue weighted by Crippen LogP contribution is 2.30. The number of halogens is 1. The van der Waals surface area contributed by atoms with Crippen LogP contribution in [-0.4, -0.2) is 46.6 Å². The Hall–Kier alpha value is -1.41. The molecule has 0 aliphatic carbocycles. The molecule has 0 aromatic carbocycles. The van der Waals surface area contributed by atoms with Gasteiger partial charge in [-0.05, 0) is 11.6 Å². The Morgan fingerprint density at radius 3 is 3.12 bits per heavy atom. The maximum atomic E-state index is 13.1. The van der Waals surface area contributed by atoms with Crippen molar-refractivity contribution in [3.8, 4) is 0 Å². The predicted molar refractivity (Wildman–Crippen MR) is 94.8 cm³/mol. The van der Waals surface area contributed by atoms with Crippen LogP contribution in [0, 0.1) is 0 Å². The quantitative estimate of drug-likeness (QED) is 0.877. The fraction of sp³-hybridized carbons (Fsp3) is 0.500. The van der Waals surface area contributed by atoms with Crippen molar-refractivity contribution in [2.75, 3.05) is 26.2 Å². The number of aromatic nitrogens is 2. The zero-order valence-corrected chi connectivity index (χ0v) is 15.2. The average molecular weight is 369 g/mol. The summed E-state index contributed by atoms with van der Waals surface area (Å²) in [5.74, 6) is 1.04. The van der Waals surface area contributed by atoms with E-state index in [0.717, 1.165) is 36.8 Å². The van der Waals surface area contributed by atoms with Gasteiger partial charge in [0, 0.05) is 50.4 Å². The Kier molecular flexibility index (Phi) is 5.24. The smallest absolute Gasteiger partial charge is 0.264 e. The second-order valence-electron chi connectivity index (χ2n) is 5.98. The number of fused-ring (bicyclic) bond motifs is 1. The van der Waals surface area contributed by atoms with Crippen molar-refractivity contribution < 1.29 is 9.53 Å². The topological polar surface area (TPSA) is 59.4 Å². The second-order valence-corrected chi connectivity index (χ2v) is 7.11. The van der Waals surface area contributed by atoms with Crippen molar-refractivity contribution in [2.24, 2.45) is 7.05 Å². The van der Waals surface area contributed by atoms with E-state index in [0.29, 0.717) is 13.2 Å². The zero-order chi connectivity index (χ0) is 15.8. The van der Waals surface area contributed by atoms with Gasteiger partial charge >= 0.3 is 0 Å². The van der Waals surface area contributed by atoms with Crippen LogP contribution >= 0.6 is 23.7 Å². The van der Waals surface area contributed by atoms with E-state index in [-0.39, 0.29) is 24.4 Å². The number of carbonyl (C=O) groups excluding carboxylic acids is 1. The molecular weight excluding hydrogens is 348 g/mol. The van der Waals surface area contributed by atoms with E-state index in [9.17, 15) is 4.79 Å². The summed E-state index contributed by atoms with van der Waals surface area (Å²) in [5.41, 5.74) is 1.17. The van der Waals surface area contributed by atoms with E-state index in [1.807, 2.05) is 28.8 Å². The maximum absolute atomic E-state index is 13.1. The van der Waals surface area contributed by atoms with Gasteiger partial charge in [-0.15, -0.1) is 23.7 Å². The molecule has 1 fully saturated rings. The summed E-state index contributed by atoms with van der Waals surface area (Å²) in [5, 5.41) is 3.37. The Labute approximate surface area is 151 Å². The minimum absolute atomic E-state index is 0. The molecule has 2 aromatic rings. The van der Waals surface area contributed by atoms with E-state index >= 15 is 0 Å². The molecule has 1 saturated heterocycles. The molecule has 2 aromatic heterocycles. The highest BCUT2D eigenvalue weighted by Gasteiger charge is 2.32. The monoisotopic (exact) mass is 368 g/mol. The molecule has 0 radical (unpaired) electrons. The summed E-state index contributed by atoms with van der Waals surface area (Å²) in [6.45, 7) is 3.65. The number of piperazine rings is 1. The van der Waals surface area contributed by atoms with Crippen LogP contribution in [0.3, 0.4) is 0 Å². The average Bonchev–Trinajstić information content (AvgIpc) is 3.20. The molecule has 0 bridgehead atoms. The van der Waals surface area contributed by atoms with Crippen molar-refractivity contribution in [3.63, 3.8) is 0 Å².